The lowest BCUT2D eigenvalue weighted by Crippen LogP contribution is -2.33. The summed E-state index contributed by atoms with van der Waals surface area (Å²) in [6.45, 7) is 1.52. The number of carboxylic acid groups (broad SMARTS) is 1. The quantitative estimate of drug-likeness (QED) is 0.549. The molecular weight excluding hydrogens is 280 g/mol. The van der Waals surface area contributed by atoms with E-state index < -0.39 is 16.8 Å². The summed E-state index contributed by atoms with van der Waals surface area (Å²) < 4.78 is 5.10. The highest BCUT2D eigenvalue weighted by molar-refractivity contribution is 5.77. The Kier molecular flexibility index (Phi) is 6.12. The van der Waals surface area contributed by atoms with E-state index >= 15 is 0 Å². The first-order valence-electron chi connectivity index (χ1n) is 6.25. The van der Waals surface area contributed by atoms with E-state index in [4.69, 9.17) is 9.84 Å². The first kappa shape index (κ1) is 16.4. The van der Waals surface area contributed by atoms with E-state index in [0.29, 0.717) is 0 Å². The fourth-order valence-electron chi connectivity index (χ4n) is 1.58. The number of amides is 1. The zero-order valence-corrected chi connectivity index (χ0v) is 11.4. The summed E-state index contributed by atoms with van der Waals surface area (Å²) in [5, 5.41) is 21.8. The minimum absolute atomic E-state index is 0.0104. The number of carboxylic acids is 1. The van der Waals surface area contributed by atoms with Crippen molar-refractivity contribution in [3.05, 3.63) is 34.4 Å². The number of hydrogen-bond acceptors (Lipinski definition) is 5. The molecule has 0 fully saturated rings. The third kappa shape index (κ3) is 5.89. The van der Waals surface area contributed by atoms with Crippen LogP contribution in [0.15, 0.2) is 24.3 Å². The number of nitrogens with one attached hydrogen (secondary N) is 1. The number of carbonyl (C=O) groups is 2. The molecule has 0 saturated heterocycles. The molecule has 1 rings (SSSR count). The van der Waals surface area contributed by atoms with Gasteiger partial charge in [-0.2, -0.15) is 0 Å². The molecular formula is C13H16N2O6. The Balaban J connectivity index is 2.43. The molecule has 21 heavy (non-hydrogen) atoms. The van der Waals surface area contributed by atoms with Crippen molar-refractivity contribution in [3.63, 3.8) is 0 Å². The second-order valence-corrected chi connectivity index (χ2v) is 4.52. The van der Waals surface area contributed by atoms with E-state index in [-0.39, 0.29) is 36.9 Å². The van der Waals surface area contributed by atoms with Crippen molar-refractivity contribution >= 4 is 17.6 Å². The lowest BCUT2D eigenvalue weighted by Gasteiger charge is -2.11. The van der Waals surface area contributed by atoms with Crippen molar-refractivity contribution in [2.75, 3.05) is 13.2 Å². The monoisotopic (exact) mass is 296 g/mol. The highest BCUT2D eigenvalue weighted by atomic mass is 16.6. The van der Waals surface area contributed by atoms with Crippen molar-refractivity contribution in [2.45, 2.75) is 13.3 Å². The van der Waals surface area contributed by atoms with Crippen LogP contribution in [0.2, 0.25) is 0 Å². The molecule has 0 aromatic heterocycles. The molecule has 0 bridgehead atoms. The maximum absolute atomic E-state index is 11.5. The van der Waals surface area contributed by atoms with Gasteiger partial charge in [-0.3, -0.25) is 19.7 Å². The van der Waals surface area contributed by atoms with Gasteiger partial charge in [-0.05, 0) is 12.0 Å². The number of aliphatic carboxylic acids is 1. The number of benzene rings is 1. The summed E-state index contributed by atoms with van der Waals surface area (Å²) >= 11 is 0. The molecule has 1 aromatic carbocycles. The molecule has 0 heterocycles. The van der Waals surface area contributed by atoms with Gasteiger partial charge in [0.15, 0.2) is 12.4 Å². The predicted molar refractivity (Wildman–Crippen MR) is 73.0 cm³/mol. The molecule has 0 aliphatic carbocycles. The molecule has 1 aromatic rings. The number of hydrogen-bond donors (Lipinski definition) is 2. The average Bonchev–Trinajstić information content (AvgIpc) is 2.42. The van der Waals surface area contributed by atoms with Crippen molar-refractivity contribution in [3.8, 4) is 5.75 Å². The van der Waals surface area contributed by atoms with E-state index in [1.54, 1.807) is 13.0 Å². The molecule has 0 saturated carbocycles. The Bertz CT molecular complexity index is 531. The van der Waals surface area contributed by atoms with Crippen LogP contribution in [0.3, 0.4) is 0 Å². The molecule has 1 atom stereocenters. The summed E-state index contributed by atoms with van der Waals surface area (Å²) in [7, 11) is 0. The van der Waals surface area contributed by atoms with Gasteiger partial charge in [-0.25, -0.2) is 0 Å². The molecule has 0 spiro atoms. The minimum Gasteiger partial charge on any atom is -0.481 e. The Morgan fingerprint density at radius 3 is 2.71 bits per heavy atom. The van der Waals surface area contributed by atoms with Crippen LogP contribution >= 0.6 is 0 Å². The van der Waals surface area contributed by atoms with Crippen LogP contribution in [-0.4, -0.2) is 35.1 Å². The van der Waals surface area contributed by atoms with Gasteiger partial charge < -0.3 is 15.2 Å². The van der Waals surface area contributed by atoms with Gasteiger partial charge in [-0.15, -0.1) is 0 Å². The molecule has 0 aliphatic rings. The lowest BCUT2D eigenvalue weighted by molar-refractivity contribution is -0.385. The molecule has 0 aliphatic heterocycles. The van der Waals surface area contributed by atoms with Gasteiger partial charge in [-0.1, -0.05) is 19.1 Å². The second kappa shape index (κ2) is 7.83. The molecule has 2 N–H and O–H groups in total. The predicted octanol–water partition coefficient (Wildman–Crippen LogP) is 1.20. The summed E-state index contributed by atoms with van der Waals surface area (Å²) in [6, 6.07) is 5.74. The average molecular weight is 296 g/mol. The summed E-state index contributed by atoms with van der Waals surface area (Å²) in [6.07, 6.45) is -0.0503. The highest BCUT2D eigenvalue weighted by Gasteiger charge is 2.15. The van der Waals surface area contributed by atoms with Gasteiger partial charge in [0.25, 0.3) is 5.91 Å². The van der Waals surface area contributed by atoms with Crippen LogP contribution in [0.25, 0.3) is 0 Å². The van der Waals surface area contributed by atoms with Gasteiger partial charge in [0.05, 0.1) is 4.92 Å². The number of para-hydroxylation sites is 2. The fraction of sp³-hybridized carbons (Fsp3) is 0.385. The summed E-state index contributed by atoms with van der Waals surface area (Å²) in [4.78, 5) is 32.2. The van der Waals surface area contributed by atoms with E-state index in [9.17, 15) is 19.7 Å². The number of nitro groups is 1. The minimum atomic E-state index is -0.937. The Morgan fingerprint density at radius 1 is 1.43 bits per heavy atom. The number of carbonyl (C=O) groups excluding carboxylic acids is 1. The maximum Gasteiger partial charge on any atom is 0.310 e. The maximum atomic E-state index is 11.5. The van der Waals surface area contributed by atoms with Crippen LogP contribution in [0, 0.1) is 16.0 Å². The zero-order valence-electron chi connectivity index (χ0n) is 11.4. The summed E-state index contributed by atoms with van der Waals surface area (Å²) in [5.41, 5.74) is -0.218. The molecule has 0 radical (unpaired) electrons. The van der Waals surface area contributed by atoms with Crippen molar-refractivity contribution in [1.29, 1.82) is 0 Å². The Hall–Kier alpha value is -2.64. The molecule has 8 heteroatoms. The topological polar surface area (TPSA) is 119 Å². The number of ether oxygens (including phenoxy) is 1. The Morgan fingerprint density at radius 2 is 2.10 bits per heavy atom. The summed E-state index contributed by atoms with van der Waals surface area (Å²) in [5.74, 6) is -1.60. The smallest absolute Gasteiger partial charge is 0.310 e. The SMILES string of the molecule is CC(CNC(=O)COc1ccccc1[N+](=O)[O-])CC(=O)O. The van der Waals surface area contributed by atoms with E-state index in [1.807, 2.05) is 0 Å². The molecule has 1 amide bonds. The number of rotatable bonds is 8. The third-order valence-corrected chi connectivity index (χ3v) is 2.59. The number of nitro benzene ring substituents is 1. The van der Waals surface area contributed by atoms with Crippen LogP contribution in [-0.2, 0) is 9.59 Å². The van der Waals surface area contributed by atoms with Gasteiger partial charge in [0, 0.05) is 19.0 Å². The van der Waals surface area contributed by atoms with Crippen LogP contribution < -0.4 is 10.1 Å². The van der Waals surface area contributed by atoms with Crippen LogP contribution in [0.1, 0.15) is 13.3 Å². The largest absolute Gasteiger partial charge is 0.481 e. The van der Waals surface area contributed by atoms with E-state index in [1.165, 1.54) is 18.2 Å². The van der Waals surface area contributed by atoms with E-state index in [2.05, 4.69) is 5.32 Å². The fourth-order valence-corrected chi connectivity index (χ4v) is 1.58. The zero-order chi connectivity index (χ0) is 15.8. The number of nitrogens with zero attached hydrogens (tertiary/aromatic N) is 1. The normalized spacial score (nSPS) is 11.5. The van der Waals surface area contributed by atoms with Crippen molar-refractivity contribution in [1.82, 2.24) is 5.32 Å². The first-order chi connectivity index (χ1) is 9.90. The second-order valence-electron chi connectivity index (χ2n) is 4.52. The molecule has 1 unspecified atom stereocenters. The van der Waals surface area contributed by atoms with Gasteiger partial charge in [0.2, 0.25) is 0 Å². The third-order valence-electron chi connectivity index (χ3n) is 2.59. The van der Waals surface area contributed by atoms with Gasteiger partial charge in [0.1, 0.15) is 0 Å². The van der Waals surface area contributed by atoms with Gasteiger partial charge >= 0.3 is 11.7 Å². The van der Waals surface area contributed by atoms with Crippen LogP contribution in [0.4, 0.5) is 5.69 Å². The molecule has 114 valence electrons. The standard InChI is InChI=1S/C13H16N2O6/c1-9(6-13(17)18)7-14-12(16)8-21-11-5-3-2-4-10(11)15(19)20/h2-5,9H,6-8H2,1H3,(H,14,16)(H,17,18). The van der Waals surface area contributed by atoms with E-state index in [0.717, 1.165) is 0 Å². The van der Waals surface area contributed by atoms with Crippen molar-refractivity contribution < 1.29 is 24.4 Å². The van der Waals surface area contributed by atoms with Crippen LogP contribution in [0.5, 0.6) is 5.75 Å². The molecule has 8 nitrogen and oxygen atoms in total. The highest BCUT2D eigenvalue weighted by Crippen LogP contribution is 2.25. The lowest BCUT2D eigenvalue weighted by atomic mass is 10.1. The Labute approximate surface area is 120 Å². The van der Waals surface area contributed by atoms with Crippen molar-refractivity contribution in [2.24, 2.45) is 5.92 Å². The first-order valence-corrected chi connectivity index (χ1v) is 6.25.